The molecule has 1 aliphatic heterocycles. The number of benzene rings is 1. The van der Waals surface area contributed by atoms with Crippen LogP contribution >= 0.6 is 23.1 Å². The molecule has 0 atom stereocenters. The van der Waals surface area contributed by atoms with Crippen LogP contribution in [0.4, 0.5) is 29.7 Å². The van der Waals surface area contributed by atoms with Gasteiger partial charge in [-0.3, -0.25) is 19.5 Å². The number of alkyl halides is 2. The average molecular weight is 540 g/mol. The summed E-state index contributed by atoms with van der Waals surface area (Å²) in [6.45, 7) is 2.62. The van der Waals surface area contributed by atoms with Gasteiger partial charge in [0.2, 0.25) is 0 Å². The van der Waals surface area contributed by atoms with Crippen LogP contribution in [0.25, 0.3) is 0 Å². The Morgan fingerprint density at radius 2 is 1.94 bits per heavy atom. The van der Waals surface area contributed by atoms with E-state index in [2.05, 4.69) is 25.0 Å². The van der Waals surface area contributed by atoms with Crippen molar-refractivity contribution in [2.45, 2.75) is 13.3 Å². The van der Waals surface area contributed by atoms with Crippen LogP contribution in [-0.4, -0.2) is 75.1 Å². The van der Waals surface area contributed by atoms with E-state index in [1.54, 1.807) is 11.8 Å². The van der Waals surface area contributed by atoms with Crippen molar-refractivity contribution in [1.82, 2.24) is 24.1 Å². The van der Waals surface area contributed by atoms with Crippen molar-refractivity contribution in [3.63, 3.8) is 0 Å². The number of anilines is 3. The van der Waals surface area contributed by atoms with E-state index in [4.69, 9.17) is 11.6 Å². The number of carbonyl (C=O) groups is 2. The van der Waals surface area contributed by atoms with Crippen molar-refractivity contribution < 1.29 is 22.8 Å². The molecular weight excluding hydrogens is 519 g/mol. The number of amides is 2. The maximum absolute atomic E-state index is 13.7. The van der Waals surface area contributed by atoms with Crippen LogP contribution in [0.3, 0.4) is 0 Å². The number of nitrogens with zero attached hydrogens (tertiary/aromatic N) is 5. The smallest absolute Gasteiger partial charge is 0.274 e. The second-order valence-electron chi connectivity index (χ2n) is 7.95. The standard InChI is InChI=1S/C22H21ClF3N7O2S/c1-12-19(20(34)28-13-2-3-14(23)15(24)8-13)21(36-31-12)30-18-10-27-9-16(29-18)22(35)33-6-4-32(5-7-33)11-17(25)26/h2-3,8-10,17H,4-7,11H2,1H3,(H,28,34)(H,29,30). The van der Waals surface area contributed by atoms with Gasteiger partial charge in [-0.1, -0.05) is 11.6 Å². The van der Waals surface area contributed by atoms with Crippen molar-refractivity contribution in [3.8, 4) is 0 Å². The Morgan fingerprint density at radius 1 is 1.19 bits per heavy atom. The molecule has 0 radical (unpaired) electrons. The van der Waals surface area contributed by atoms with Crippen LogP contribution in [0, 0.1) is 12.7 Å². The molecule has 9 nitrogen and oxygen atoms in total. The Labute approximate surface area is 213 Å². The zero-order valence-corrected chi connectivity index (χ0v) is 20.5. The summed E-state index contributed by atoms with van der Waals surface area (Å²) in [6, 6.07) is 3.91. The molecule has 3 heterocycles. The molecule has 1 aromatic carbocycles. The highest BCUT2D eigenvalue weighted by Crippen LogP contribution is 2.29. The third-order valence-electron chi connectivity index (χ3n) is 5.42. The van der Waals surface area contributed by atoms with Gasteiger partial charge in [0.1, 0.15) is 22.3 Å². The third-order valence-corrected chi connectivity index (χ3v) is 6.58. The minimum Gasteiger partial charge on any atom is -0.335 e. The minimum atomic E-state index is -2.42. The van der Waals surface area contributed by atoms with E-state index >= 15 is 0 Å². The van der Waals surface area contributed by atoms with Gasteiger partial charge in [0, 0.05) is 31.9 Å². The zero-order valence-electron chi connectivity index (χ0n) is 19.0. The molecule has 1 aliphatic rings. The van der Waals surface area contributed by atoms with Crippen LogP contribution in [0.1, 0.15) is 26.5 Å². The second kappa shape index (κ2) is 11.2. The van der Waals surface area contributed by atoms with Gasteiger partial charge >= 0.3 is 0 Å². The number of rotatable bonds is 7. The van der Waals surface area contributed by atoms with Gasteiger partial charge in [0.15, 0.2) is 0 Å². The summed E-state index contributed by atoms with van der Waals surface area (Å²) in [6.07, 6.45) is 0.290. The van der Waals surface area contributed by atoms with Gasteiger partial charge in [0.25, 0.3) is 18.2 Å². The fraction of sp³-hybridized carbons (Fsp3) is 0.318. The first-order valence-electron chi connectivity index (χ1n) is 10.8. The Morgan fingerprint density at radius 3 is 2.64 bits per heavy atom. The van der Waals surface area contributed by atoms with E-state index in [1.165, 1.54) is 29.4 Å². The summed E-state index contributed by atoms with van der Waals surface area (Å²) in [5.74, 6) is -1.34. The first-order valence-corrected chi connectivity index (χ1v) is 12.0. The van der Waals surface area contributed by atoms with Gasteiger partial charge in [0.05, 0.1) is 35.2 Å². The fourth-order valence-corrected chi connectivity index (χ4v) is 4.55. The van der Waals surface area contributed by atoms with Gasteiger partial charge < -0.3 is 15.5 Å². The third kappa shape index (κ3) is 6.09. The predicted molar refractivity (Wildman–Crippen MR) is 130 cm³/mol. The highest BCUT2D eigenvalue weighted by atomic mass is 35.5. The fourth-order valence-electron chi connectivity index (χ4n) is 3.63. The van der Waals surface area contributed by atoms with Gasteiger partial charge in [-0.05, 0) is 36.7 Å². The van der Waals surface area contributed by atoms with Crippen molar-refractivity contribution in [3.05, 3.63) is 58.4 Å². The number of hydrogen-bond donors (Lipinski definition) is 2. The van der Waals surface area contributed by atoms with Crippen molar-refractivity contribution >= 4 is 51.5 Å². The van der Waals surface area contributed by atoms with Crippen LogP contribution < -0.4 is 10.6 Å². The molecule has 0 bridgehead atoms. The van der Waals surface area contributed by atoms with E-state index in [9.17, 15) is 22.8 Å². The zero-order chi connectivity index (χ0) is 25.8. The molecule has 0 spiro atoms. The molecule has 1 fully saturated rings. The first kappa shape index (κ1) is 25.8. The normalized spacial score (nSPS) is 14.2. The van der Waals surface area contributed by atoms with Crippen LogP contribution in [0.2, 0.25) is 5.02 Å². The van der Waals surface area contributed by atoms with Crippen LogP contribution in [-0.2, 0) is 0 Å². The molecule has 0 unspecified atom stereocenters. The average Bonchev–Trinajstić information content (AvgIpc) is 3.21. The largest absolute Gasteiger partial charge is 0.335 e. The molecule has 2 aromatic heterocycles. The lowest BCUT2D eigenvalue weighted by atomic mass is 10.2. The number of aryl methyl sites for hydroxylation is 1. The summed E-state index contributed by atoms with van der Waals surface area (Å²) in [4.78, 5) is 37.3. The molecule has 0 aliphatic carbocycles. The van der Waals surface area contributed by atoms with E-state index in [-0.39, 0.29) is 40.2 Å². The van der Waals surface area contributed by atoms with Gasteiger partial charge in [-0.2, -0.15) is 4.37 Å². The highest BCUT2D eigenvalue weighted by Gasteiger charge is 2.25. The Bertz CT molecular complexity index is 1270. The molecule has 36 heavy (non-hydrogen) atoms. The number of piperazine rings is 1. The Hall–Kier alpha value is -3.29. The Kier molecular flexibility index (Phi) is 8.01. The maximum Gasteiger partial charge on any atom is 0.274 e. The lowest BCUT2D eigenvalue weighted by Gasteiger charge is -2.34. The summed E-state index contributed by atoms with van der Waals surface area (Å²) in [5.41, 5.74) is 0.964. The van der Waals surface area contributed by atoms with Crippen LogP contribution in [0.5, 0.6) is 0 Å². The molecule has 14 heteroatoms. The second-order valence-corrected chi connectivity index (χ2v) is 9.13. The number of aromatic nitrogens is 3. The van der Waals surface area contributed by atoms with Gasteiger partial charge in [-0.15, -0.1) is 0 Å². The topological polar surface area (TPSA) is 103 Å². The highest BCUT2D eigenvalue weighted by molar-refractivity contribution is 7.10. The SMILES string of the molecule is Cc1nsc(Nc2cncc(C(=O)N3CCN(CC(F)F)CC3)n2)c1C(=O)Nc1ccc(Cl)c(F)c1. The molecule has 3 aromatic rings. The van der Waals surface area contributed by atoms with Crippen LogP contribution in [0.15, 0.2) is 30.6 Å². The molecule has 4 rings (SSSR count). The molecule has 1 saturated heterocycles. The summed E-state index contributed by atoms with van der Waals surface area (Å²) < 4.78 is 43.1. The summed E-state index contributed by atoms with van der Waals surface area (Å²) in [7, 11) is 0. The predicted octanol–water partition coefficient (Wildman–Crippen LogP) is 4.05. The van der Waals surface area contributed by atoms with Crippen molar-refractivity contribution in [2.75, 3.05) is 43.4 Å². The lowest BCUT2D eigenvalue weighted by molar-refractivity contribution is 0.0455. The summed E-state index contributed by atoms with van der Waals surface area (Å²) >= 11 is 6.71. The number of hydrogen-bond acceptors (Lipinski definition) is 8. The maximum atomic E-state index is 13.7. The first-order chi connectivity index (χ1) is 17.2. The lowest BCUT2D eigenvalue weighted by Crippen LogP contribution is -2.49. The minimum absolute atomic E-state index is 0.0632. The van der Waals surface area contributed by atoms with Crippen molar-refractivity contribution in [1.29, 1.82) is 0 Å². The van der Waals surface area contributed by atoms with Crippen molar-refractivity contribution in [2.24, 2.45) is 0 Å². The van der Waals surface area contributed by atoms with E-state index < -0.39 is 18.1 Å². The Balaban J connectivity index is 1.45. The number of carbonyl (C=O) groups excluding carboxylic acids is 2. The molecule has 2 N–H and O–H groups in total. The van der Waals surface area contributed by atoms with E-state index in [0.29, 0.717) is 36.9 Å². The monoisotopic (exact) mass is 539 g/mol. The molecule has 190 valence electrons. The quantitative estimate of drug-likeness (QED) is 0.467. The molecular formula is C22H21ClF3N7O2S. The molecule has 2 amide bonds. The number of nitrogens with one attached hydrogen (secondary N) is 2. The van der Waals surface area contributed by atoms with E-state index in [1.807, 2.05) is 0 Å². The molecule has 0 saturated carbocycles. The van der Waals surface area contributed by atoms with E-state index in [0.717, 1.165) is 17.6 Å². The van der Waals surface area contributed by atoms with Gasteiger partial charge in [-0.25, -0.2) is 18.2 Å². The number of halogens is 4. The summed E-state index contributed by atoms with van der Waals surface area (Å²) in [5, 5.41) is 5.88.